The van der Waals surface area contributed by atoms with E-state index in [0.29, 0.717) is 0 Å². The summed E-state index contributed by atoms with van der Waals surface area (Å²) in [5.41, 5.74) is 4.23. The van der Waals surface area contributed by atoms with Gasteiger partial charge in [-0.05, 0) is 43.9 Å². The van der Waals surface area contributed by atoms with Crippen molar-refractivity contribution in [2.45, 2.75) is 40.0 Å². The lowest BCUT2D eigenvalue weighted by Crippen LogP contribution is -2.02. The Balaban J connectivity index is 2.84. The number of unbranched alkanes of at least 4 members (excludes halogenated alkanes) is 1. The molecule has 14 heavy (non-hydrogen) atoms. The van der Waals surface area contributed by atoms with Gasteiger partial charge < -0.3 is 5.32 Å². The molecule has 1 aromatic rings. The fourth-order valence-corrected chi connectivity index (χ4v) is 1.74. The second-order valence-corrected chi connectivity index (χ2v) is 3.73. The van der Waals surface area contributed by atoms with Crippen LogP contribution >= 0.6 is 0 Å². The minimum atomic E-state index is 1.00. The molecule has 0 saturated carbocycles. The second-order valence-electron chi connectivity index (χ2n) is 3.73. The molecule has 78 valence electrons. The Hall–Kier alpha value is -0.980. The minimum absolute atomic E-state index is 1.00. The normalized spacial score (nSPS) is 10.2. The average Bonchev–Trinajstić information content (AvgIpc) is 2.18. The van der Waals surface area contributed by atoms with Gasteiger partial charge in [-0.15, -0.1) is 0 Å². The highest BCUT2D eigenvalue weighted by molar-refractivity contribution is 5.54. The Labute approximate surface area is 87.5 Å². The number of hydrogen-bond donors (Lipinski definition) is 1. The van der Waals surface area contributed by atoms with E-state index in [4.69, 9.17) is 0 Å². The van der Waals surface area contributed by atoms with Crippen LogP contribution in [0.25, 0.3) is 0 Å². The molecule has 1 heteroatoms. The van der Waals surface area contributed by atoms with Gasteiger partial charge in [-0.1, -0.05) is 25.5 Å². The lowest BCUT2D eigenvalue weighted by atomic mass is 10.0. The Morgan fingerprint density at radius 2 is 2.00 bits per heavy atom. The third-order valence-electron chi connectivity index (χ3n) is 2.56. The SMILES string of the molecule is CCCCc1c(C)cccc1NCC. The Morgan fingerprint density at radius 3 is 2.64 bits per heavy atom. The van der Waals surface area contributed by atoms with Gasteiger partial charge >= 0.3 is 0 Å². The van der Waals surface area contributed by atoms with Gasteiger partial charge in [0.2, 0.25) is 0 Å². The van der Waals surface area contributed by atoms with Crippen molar-refractivity contribution in [3.63, 3.8) is 0 Å². The molecule has 0 aliphatic carbocycles. The monoisotopic (exact) mass is 191 g/mol. The van der Waals surface area contributed by atoms with Crippen LogP contribution in [0.5, 0.6) is 0 Å². The lowest BCUT2D eigenvalue weighted by Gasteiger charge is -2.13. The van der Waals surface area contributed by atoms with Crippen molar-refractivity contribution in [3.05, 3.63) is 29.3 Å². The van der Waals surface area contributed by atoms with E-state index in [1.54, 1.807) is 0 Å². The van der Waals surface area contributed by atoms with Gasteiger partial charge in [0.25, 0.3) is 0 Å². The molecule has 0 bridgehead atoms. The topological polar surface area (TPSA) is 12.0 Å². The molecule has 0 amide bonds. The Morgan fingerprint density at radius 1 is 1.21 bits per heavy atom. The molecule has 0 saturated heterocycles. The van der Waals surface area contributed by atoms with Crippen molar-refractivity contribution in [1.29, 1.82) is 0 Å². The number of rotatable bonds is 5. The third-order valence-corrected chi connectivity index (χ3v) is 2.56. The number of benzene rings is 1. The first-order valence-corrected chi connectivity index (χ1v) is 5.62. The summed E-state index contributed by atoms with van der Waals surface area (Å²) in [5.74, 6) is 0. The number of anilines is 1. The van der Waals surface area contributed by atoms with Gasteiger partial charge in [0.15, 0.2) is 0 Å². The van der Waals surface area contributed by atoms with E-state index < -0.39 is 0 Å². The molecular weight excluding hydrogens is 170 g/mol. The van der Waals surface area contributed by atoms with Crippen LogP contribution in [0.15, 0.2) is 18.2 Å². The summed E-state index contributed by atoms with van der Waals surface area (Å²) >= 11 is 0. The predicted octanol–water partition coefficient (Wildman–Crippen LogP) is 3.77. The van der Waals surface area contributed by atoms with Crippen LogP contribution in [0.3, 0.4) is 0 Å². The molecule has 0 spiro atoms. The molecule has 1 rings (SSSR count). The standard InChI is InChI=1S/C13H21N/c1-4-6-9-12-11(3)8-7-10-13(12)14-5-2/h7-8,10,14H,4-6,9H2,1-3H3. The molecule has 1 nitrogen and oxygen atoms in total. The molecular formula is C13H21N. The number of nitrogens with one attached hydrogen (secondary N) is 1. The molecule has 0 aliphatic heterocycles. The van der Waals surface area contributed by atoms with E-state index in [0.717, 1.165) is 6.54 Å². The highest BCUT2D eigenvalue weighted by Crippen LogP contribution is 2.21. The van der Waals surface area contributed by atoms with Gasteiger partial charge in [0, 0.05) is 12.2 Å². The summed E-state index contributed by atoms with van der Waals surface area (Å²) in [6.07, 6.45) is 3.74. The Bertz CT molecular complexity index is 279. The van der Waals surface area contributed by atoms with Gasteiger partial charge in [0.05, 0.1) is 0 Å². The van der Waals surface area contributed by atoms with Crippen LogP contribution in [-0.4, -0.2) is 6.54 Å². The summed E-state index contributed by atoms with van der Waals surface area (Å²) < 4.78 is 0. The van der Waals surface area contributed by atoms with Crippen LogP contribution < -0.4 is 5.32 Å². The van der Waals surface area contributed by atoms with Crippen LogP contribution in [0.1, 0.15) is 37.8 Å². The van der Waals surface area contributed by atoms with Crippen molar-refractivity contribution >= 4 is 5.69 Å². The van der Waals surface area contributed by atoms with Crippen LogP contribution in [0.2, 0.25) is 0 Å². The highest BCUT2D eigenvalue weighted by Gasteiger charge is 2.03. The first-order valence-electron chi connectivity index (χ1n) is 5.62. The van der Waals surface area contributed by atoms with E-state index in [9.17, 15) is 0 Å². The van der Waals surface area contributed by atoms with E-state index in [-0.39, 0.29) is 0 Å². The molecule has 0 radical (unpaired) electrons. The fourth-order valence-electron chi connectivity index (χ4n) is 1.74. The molecule has 0 fully saturated rings. The van der Waals surface area contributed by atoms with Gasteiger partial charge in [-0.3, -0.25) is 0 Å². The summed E-state index contributed by atoms with van der Waals surface area (Å²) in [6.45, 7) is 7.59. The first-order chi connectivity index (χ1) is 6.79. The zero-order chi connectivity index (χ0) is 10.4. The van der Waals surface area contributed by atoms with Crippen LogP contribution in [0.4, 0.5) is 5.69 Å². The smallest absolute Gasteiger partial charge is 0.0375 e. The molecule has 0 atom stereocenters. The summed E-state index contributed by atoms with van der Waals surface area (Å²) in [6, 6.07) is 6.51. The highest BCUT2D eigenvalue weighted by atomic mass is 14.9. The van der Waals surface area contributed by atoms with E-state index in [1.165, 1.54) is 36.1 Å². The van der Waals surface area contributed by atoms with Crippen molar-refractivity contribution in [1.82, 2.24) is 0 Å². The lowest BCUT2D eigenvalue weighted by molar-refractivity contribution is 0.791. The maximum atomic E-state index is 3.43. The number of aryl methyl sites for hydroxylation is 1. The van der Waals surface area contributed by atoms with E-state index in [2.05, 4.69) is 44.3 Å². The van der Waals surface area contributed by atoms with Crippen molar-refractivity contribution in [2.24, 2.45) is 0 Å². The van der Waals surface area contributed by atoms with Gasteiger partial charge in [-0.25, -0.2) is 0 Å². The largest absolute Gasteiger partial charge is 0.385 e. The first kappa shape index (κ1) is 11.1. The zero-order valence-electron chi connectivity index (χ0n) is 9.56. The molecule has 0 unspecified atom stereocenters. The quantitative estimate of drug-likeness (QED) is 0.747. The maximum absolute atomic E-state index is 3.43. The summed E-state index contributed by atoms with van der Waals surface area (Å²) in [4.78, 5) is 0. The Kier molecular flexibility index (Phi) is 4.51. The molecule has 1 N–H and O–H groups in total. The van der Waals surface area contributed by atoms with Crippen LogP contribution in [0, 0.1) is 6.92 Å². The van der Waals surface area contributed by atoms with E-state index in [1.807, 2.05) is 0 Å². The maximum Gasteiger partial charge on any atom is 0.0375 e. The van der Waals surface area contributed by atoms with Gasteiger partial charge in [-0.2, -0.15) is 0 Å². The minimum Gasteiger partial charge on any atom is -0.385 e. The summed E-state index contributed by atoms with van der Waals surface area (Å²) in [5, 5.41) is 3.43. The van der Waals surface area contributed by atoms with Crippen molar-refractivity contribution in [2.75, 3.05) is 11.9 Å². The zero-order valence-corrected chi connectivity index (χ0v) is 9.56. The van der Waals surface area contributed by atoms with Gasteiger partial charge in [0.1, 0.15) is 0 Å². The molecule has 1 aromatic carbocycles. The number of hydrogen-bond acceptors (Lipinski definition) is 1. The average molecular weight is 191 g/mol. The molecule has 0 aliphatic rings. The van der Waals surface area contributed by atoms with Crippen molar-refractivity contribution in [3.8, 4) is 0 Å². The molecule has 0 heterocycles. The fraction of sp³-hybridized carbons (Fsp3) is 0.538. The molecule has 0 aromatic heterocycles. The predicted molar refractivity (Wildman–Crippen MR) is 64.0 cm³/mol. The van der Waals surface area contributed by atoms with E-state index >= 15 is 0 Å². The van der Waals surface area contributed by atoms with Crippen molar-refractivity contribution < 1.29 is 0 Å². The summed E-state index contributed by atoms with van der Waals surface area (Å²) in [7, 11) is 0. The third kappa shape index (κ3) is 2.76. The van der Waals surface area contributed by atoms with Crippen LogP contribution in [-0.2, 0) is 6.42 Å². The second kappa shape index (κ2) is 5.69.